The van der Waals surface area contributed by atoms with Crippen molar-refractivity contribution in [1.82, 2.24) is 24.6 Å². The summed E-state index contributed by atoms with van der Waals surface area (Å²) in [6, 6.07) is 2.08. The number of rotatable bonds is 2. The van der Waals surface area contributed by atoms with Crippen LogP contribution in [0.15, 0.2) is 18.6 Å². The molecule has 148 valence electrons. The van der Waals surface area contributed by atoms with E-state index >= 15 is 0 Å². The number of piperazine rings is 1. The summed E-state index contributed by atoms with van der Waals surface area (Å²) in [6.45, 7) is 9.44. The van der Waals surface area contributed by atoms with Crippen molar-refractivity contribution in [3.05, 3.63) is 24.3 Å². The fourth-order valence-electron chi connectivity index (χ4n) is 3.51. The summed E-state index contributed by atoms with van der Waals surface area (Å²) < 4.78 is 1.65. The van der Waals surface area contributed by atoms with Crippen LogP contribution < -0.4 is 4.90 Å². The maximum absolute atomic E-state index is 11.8. The van der Waals surface area contributed by atoms with E-state index in [4.69, 9.17) is 0 Å². The minimum absolute atomic E-state index is 0.236. The van der Waals surface area contributed by atoms with Gasteiger partial charge in [-0.3, -0.25) is 9.58 Å². The number of amides is 1. The van der Waals surface area contributed by atoms with E-state index < -0.39 is 11.6 Å². The van der Waals surface area contributed by atoms with E-state index in [1.54, 1.807) is 30.3 Å². The highest BCUT2D eigenvalue weighted by atomic mass is 16.4. The highest BCUT2D eigenvalue weighted by molar-refractivity contribution is 5.68. The lowest BCUT2D eigenvalue weighted by Crippen LogP contribution is -2.67. The van der Waals surface area contributed by atoms with Gasteiger partial charge in [-0.05, 0) is 12.3 Å². The third-order valence-corrected chi connectivity index (χ3v) is 5.70. The van der Waals surface area contributed by atoms with E-state index in [1.165, 1.54) is 4.90 Å². The van der Waals surface area contributed by atoms with Gasteiger partial charge in [0.2, 0.25) is 0 Å². The highest BCUT2D eigenvalue weighted by Gasteiger charge is 2.48. The van der Waals surface area contributed by atoms with Gasteiger partial charge in [-0.15, -0.1) is 0 Å². The fraction of sp³-hybridized carbons (Fsp3) is 0.526. The van der Waals surface area contributed by atoms with Crippen LogP contribution in [0.3, 0.4) is 0 Å². The maximum atomic E-state index is 11.8. The Hall–Kier alpha value is -3.15. The summed E-state index contributed by atoms with van der Waals surface area (Å²) in [7, 11) is 1.80. The van der Waals surface area contributed by atoms with Crippen LogP contribution >= 0.6 is 0 Å². The molecular formula is C19H25N7O2. The summed E-state index contributed by atoms with van der Waals surface area (Å²) in [5.41, 5.74) is 0.541. The molecule has 2 aromatic heterocycles. The van der Waals surface area contributed by atoms with Crippen LogP contribution in [-0.4, -0.2) is 61.0 Å². The molecule has 9 heteroatoms. The molecule has 0 radical (unpaired) electrons. The van der Waals surface area contributed by atoms with Crippen LogP contribution in [0.5, 0.6) is 0 Å². The van der Waals surface area contributed by atoms with Gasteiger partial charge >= 0.3 is 6.09 Å². The van der Waals surface area contributed by atoms with E-state index in [2.05, 4.69) is 21.1 Å². The first-order chi connectivity index (χ1) is 13.1. The third-order valence-electron chi connectivity index (χ3n) is 5.70. The average molecular weight is 383 g/mol. The minimum atomic E-state index is -0.918. The lowest BCUT2D eigenvalue weighted by molar-refractivity contribution is 0.00727. The Balaban J connectivity index is 2.00. The first-order valence-electron chi connectivity index (χ1n) is 9.08. The molecule has 1 aliphatic rings. The Morgan fingerprint density at radius 1 is 1.32 bits per heavy atom. The number of carboxylic acid groups (broad SMARTS) is 1. The number of hydrogen-bond donors (Lipinski definition) is 1. The van der Waals surface area contributed by atoms with E-state index in [9.17, 15) is 15.2 Å². The number of aromatic nitrogens is 4. The van der Waals surface area contributed by atoms with E-state index in [0.29, 0.717) is 31.1 Å². The fourth-order valence-corrected chi connectivity index (χ4v) is 3.51. The maximum Gasteiger partial charge on any atom is 0.407 e. The standard InChI is InChI=1S/C19H25N7O2/c1-18(2,3)19(4)12-25(6-7-26(19)17(27)28)15-10-21-14(8-20)16(23-15)13-9-22-24(5)11-13/h9-11H,6-7,12H2,1-5H3,(H,27,28). The summed E-state index contributed by atoms with van der Waals surface area (Å²) in [5, 5.41) is 23.2. The Labute approximate surface area is 164 Å². The lowest BCUT2D eigenvalue weighted by atomic mass is 9.72. The van der Waals surface area contributed by atoms with E-state index in [-0.39, 0.29) is 11.1 Å². The zero-order valence-electron chi connectivity index (χ0n) is 16.8. The van der Waals surface area contributed by atoms with Crippen molar-refractivity contribution in [2.75, 3.05) is 24.5 Å². The van der Waals surface area contributed by atoms with Crippen LogP contribution in [0.2, 0.25) is 0 Å². The van der Waals surface area contributed by atoms with Crippen LogP contribution in [0.4, 0.5) is 10.6 Å². The minimum Gasteiger partial charge on any atom is -0.465 e. The molecule has 1 aliphatic heterocycles. The number of aryl methyl sites for hydroxylation is 1. The molecule has 1 fully saturated rings. The number of nitrogens with zero attached hydrogens (tertiary/aromatic N) is 7. The van der Waals surface area contributed by atoms with Crippen molar-refractivity contribution < 1.29 is 9.90 Å². The van der Waals surface area contributed by atoms with Gasteiger partial charge in [0.05, 0.1) is 17.9 Å². The van der Waals surface area contributed by atoms with Crippen LogP contribution in [0.25, 0.3) is 11.3 Å². The molecule has 0 aliphatic carbocycles. The summed E-state index contributed by atoms with van der Waals surface area (Å²) in [6.07, 6.45) is 4.10. The number of nitriles is 1. The normalized spacial score (nSPS) is 20.1. The molecule has 28 heavy (non-hydrogen) atoms. The quantitative estimate of drug-likeness (QED) is 0.847. The van der Waals surface area contributed by atoms with Gasteiger partial charge in [0.25, 0.3) is 0 Å². The molecular weight excluding hydrogens is 358 g/mol. The first-order valence-corrected chi connectivity index (χ1v) is 9.08. The molecule has 0 spiro atoms. The molecule has 0 aromatic carbocycles. The van der Waals surface area contributed by atoms with Gasteiger partial charge < -0.3 is 10.0 Å². The topological polar surface area (TPSA) is 111 Å². The third kappa shape index (κ3) is 3.26. The molecule has 2 aromatic rings. The number of hydrogen-bond acceptors (Lipinski definition) is 6. The summed E-state index contributed by atoms with van der Waals surface area (Å²) >= 11 is 0. The zero-order chi connectivity index (χ0) is 20.7. The van der Waals surface area contributed by atoms with Gasteiger partial charge in [0.1, 0.15) is 17.6 Å². The Kier molecular flexibility index (Phi) is 4.75. The zero-order valence-corrected chi connectivity index (χ0v) is 16.8. The molecule has 9 nitrogen and oxygen atoms in total. The monoisotopic (exact) mass is 383 g/mol. The first kappa shape index (κ1) is 19.6. The summed E-state index contributed by atoms with van der Waals surface area (Å²) in [5.74, 6) is 0.623. The predicted molar refractivity (Wildman–Crippen MR) is 104 cm³/mol. The van der Waals surface area contributed by atoms with Crippen molar-refractivity contribution >= 4 is 11.9 Å². The van der Waals surface area contributed by atoms with Crippen molar-refractivity contribution in [1.29, 1.82) is 5.26 Å². The van der Waals surface area contributed by atoms with Gasteiger partial charge in [-0.25, -0.2) is 14.8 Å². The van der Waals surface area contributed by atoms with Crippen LogP contribution in [0, 0.1) is 16.7 Å². The summed E-state index contributed by atoms with van der Waals surface area (Å²) in [4.78, 5) is 24.4. The second-order valence-corrected chi connectivity index (χ2v) is 8.32. The molecule has 1 N–H and O–H groups in total. The number of carbonyl (C=O) groups is 1. The smallest absolute Gasteiger partial charge is 0.407 e. The Morgan fingerprint density at radius 2 is 2.04 bits per heavy atom. The largest absolute Gasteiger partial charge is 0.465 e. The van der Waals surface area contributed by atoms with Crippen LogP contribution in [0.1, 0.15) is 33.4 Å². The molecule has 1 amide bonds. The molecule has 1 atom stereocenters. The van der Waals surface area contributed by atoms with Crippen LogP contribution in [-0.2, 0) is 7.05 Å². The van der Waals surface area contributed by atoms with Gasteiger partial charge in [-0.1, -0.05) is 20.8 Å². The van der Waals surface area contributed by atoms with Crippen molar-refractivity contribution in [2.45, 2.75) is 33.2 Å². The van der Waals surface area contributed by atoms with E-state index in [1.807, 2.05) is 32.6 Å². The van der Waals surface area contributed by atoms with E-state index in [0.717, 1.165) is 5.56 Å². The molecule has 3 heterocycles. The van der Waals surface area contributed by atoms with Gasteiger partial charge in [0.15, 0.2) is 5.69 Å². The Morgan fingerprint density at radius 3 is 2.57 bits per heavy atom. The lowest BCUT2D eigenvalue weighted by Gasteiger charge is -2.54. The average Bonchev–Trinajstić information content (AvgIpc) is 3.06. The SMILES string of the molecule is Cn1cc(-c2nc(N3CCN(C(=O)O)C(C)(C(C)(C)C)C3)cnc2C#N)cn1. The molecule has 1 unspecified atom stereocenters. The molecule has 1 saturated heterocycles. The van der Waals surface area contributed by atoms with Gasteiger partial charge in [0, 0.05) is 38.4 Å². The molecule has 3 rings (SSSR count). The second-order valence-electron chi connectivity index (χ2n) is 8.32. The van der Waals surface area contributed by atoms with Crippen molar-refractivity contribution in [2.24, 2.45) is 12.5 Å². The molecule has 0 bridgehead atoms. The highest BCUT2D eigenvalue weighted by Crippen LogP contribution is 2.39. The second kappa shape index (κ2) is 6.78. The number of anilines is 1. The van der Waals surface area contributed by atoms with Crippen molar-refractivity contribution in [3.63, 3.8) is 0 Å². The Bertz CT molecular complexity index is 940. The predicted octanol–water partition coefficient (Wildman–Crippen LogP) is 2.35. The molecule has 0 saturated carbocycles. The van der Waals surface area contributed by atoms with Crippen molar-refractivity contribution in [3.8, 4) is 17.3 Å². The van der Waals surface area contributed by atoms with Gasteiger partial charge in [-0.2, -0.15) is 10.4 Å².